The van der Waals surface area contributed by atoms with E-state index < -0.39 is 35.4 Å². The SMILES string of the molecule is COc1cc2c(c(F)c1OC)C(=N)N(CC(=O)c1cc3c(c(C(C)(C)C)c1)OCC(=O)N3CC(=O)O)C2. The minimum Gasteiger partial charge on any atom is -0.493 e. The number of carboxylic acids is 1. The summed E-state index contributed by atoms with van der Waals surface area (Å²) in [6.45, 7) is 4.72. The molecule has 0 saturated carbocycles. The second-order valence-electron chi connectivity index (χ2n) is 9.87. The van der Waals surface area contributed by atoms with Crippen LogP contribution in [0.5, 0.6) is 17.2 Å². The number of carbonyl (C=O) groups is 3. The number of hydrogen-bond donors (Lipinski definition) is 2. The zero-order valence-corrected chi connectivity index (χ0v) is 21.2. The van der Waals surface area contributed by atoms with Crippen LogP contribution in [0, 0.1) is 11.2 Å². The molecule has 0 bridgehead atoms. The number of carboxylic acid groups (broad SMARTS) is 1. The monoisotopic (exact) mass is 513 g/mol. The zero-order chi connectivity index (χ0) is 27.2. The molecule has 11 heteroatoms. The van der Waals surface area contributed by atoms with Crippen LogP contribution in [0.15, 0.2) is 18.2 Å². The molecule has 0 radical (unpaired) electrons. The largest absolute Gasteiger partial charge is 0.493 e. The normalized spacial score (nSPS) is 14.8. The number of ether oxygens (including phenoxy) is 3. The van der Waals surface area contributed by atoms with Gasteiger partial charge in [-0.05, 0) is 29.2 Å². The summed E-state index contributed by atoms with van der Waals surface area (Å²) in [6, 6.07) is 4.68. The van der Waals surface area contributed by atoms with Gasteiger partial charge in [0.2, 0.25) is 0 Å². The number of fused-ring (bicyclic) bond motifs is 2. The van der Waals surface area contributed by atoms with Crippen molar-refractivity contribution < 1.29 is 38.1 Å². The van der Waals surface area contributed by atoms with E-state index in [4.69, 9.17) is 19.6 Å². The molecular formula is C26H28FN3O7. The number of halogens is 1. The first-order valence-corrected chi connectivity index (χ1v) is 11.5. The Bertz CT molecular complexity index is 1330. The Balaban J connectivity index is 1.70. The van der Waals surface area contributed by atoms with E-state index in [-0.39, 0.29) is 53.8 Å². The molecule has 0 atom stereocenters. The third-order valence-corrected chi connectivity index (χ3v) is 6.37. The van der Waals surface area contributed by atoms with Gasteiger partial charge in [-0.1, -0.05) is 20.8 Å². The summed E-state index contributed by atoms with van der Waals surface area (Å²) in [7, 11) is 2.69. The molecule has 37 heavy (non-hydrogen) atoms. The summed E-state index contributed by atoms with van der Waals surface area (Å²) in [6.07, 6.45) is 0. The number of ketones is 1. The van der Waals surface area contributed by atoms with Gasteiger partial charge in [-0.15, -0.1) is 0 Å². The lowest BCUT2D eigenvalue weighted by Crippen LogP contribution is -2.42. The van der Waals surface area contributed by atoms with Gasteiger partial charge >= 0.3 is 5.97 Å². The van der Waals surface area contributed by atoms with Gasteiger partial charge in [-0.2, -0.15) is 0 Å². The molecule has 2 aromatic carbocycles. The Hall–Kier alpha value is -4.15. The van der Waals surface area contributed by atoms with Gasteiger partial charge in [0.05, 0.1) is 32.0 Å². The summed E-state index contributed by atoms with van der Waals surface area (Å²) in [5, 5.41) is 17.8. The lowest BCUT2D eigenvalue weighted by Gasteiger charge is -2.33. The van der Waals surface area contributed by atoms with Crippen molar-refractivity contribution in [1.29, 1.82) is 5.41 Å². The highest BCUT2D eigenvalue weighted by atomic mass is 19.1. The minimum absolute atomic E-state index is 0.0397. The number of anilines is 1. The number of carbonyl (C=O) groups excluding carboxylic acids is 2. The molecule has 2 aliphatic heterocycles. The van der Waals surface area contributed by atoms with Crippen molar-refractivity contribution >= 4 is 29.2 Å². The first kappa shape index (κ1) is 25.9. The summed E-state index contributed by atoms with van der Waals surface area (Å²) < 4.78 is 31.1. The van der Waals surface area contributed by atoms with Gasteiger partial charge in [0.15, 0.2) is 29.7 Å². The maximum Gasteiger partial charge on any atom is 0.323 e. The van der Waals surface area contributed by atoms with Gasteiger partial charge in [0.25, 0.3) is 5.91 Å². The van der Waals surface area contributed by atoms with E-state index >= 15 is 4.39 Å². The molecule has 0 fully saturated rings. The molecule has 4 rings (SSSR count). The average molecular weight is 514 g/mol. The highest BCUT2D eigenvalue weighted by molar-refractivity contribution is 6.08. The Morgan fingerprint density at radius 3 is 2.46 bits per heavy atom. The number of hydrogen-bond acceptors (Lipinski definition) is 7. The minimum atomic E-state index is -1.20. The molecule has 2 N–H and O–H groups in total. The van der Waals surface area contributed by atoms with E-state index in [1.807, 2.05) is 20.8 Å². The molecule has 2 aliphatic rings. The van der Waals surface area contributed by atoms with E-state index in [0.717, 1.165) is 4.90 Å². The molecule has 0 spiro atoms. The van der Waals surface area contributed by atoms with Crippen molar-refractivity contribution in [2.45, 2.75) is 32.7 Å². The number of nitrogens with zero attached hydrogens (tertiary/aromatic N) is 2. The molecule has 0 aromatic heterocycles. The lowest BCUT2D eigenvalue weighted by molar-refractivity contribution is -0.137. The maximum atomic E-state index is 15.1. The third kappa shape index (κ3) is 4.56. The van der Waals surface area contributed by atoms with E-state index in [1.165, 1.54) is 25.2 Å². The molecule has 196 valence electrons. The van der Waals surface area contributed by atoms with Crippen molar-refractivity contribution in [1.82, 2.24) is 4.90 Å². The van der Waals surface area contributed by atoms with Crippen molar-refractivity contribution in [2.75, 3.05) is 38.8 Å². The summed E-state index contributed by atoms with van der Waals surface area (Å²) in [5.41, 5.74) is 1.09. The van der Waals surface area contributed by atoms with Crippen LogP contribution in [0.1, 0.15) is 47.8 Å². The smallest absolute Gasteiger partial charge is 0.323 e. The van der Waals surface area contributed by atoms with Crippen LogP contribution in [0.3, 0.4) is 0 Å². The van der Waals surface area contributed by atoms with Gasteiger partial charge in [-0.25, -0.2) is 4.39 Å². The number of benzene rings is 2. The van der Waals surface area contributed by atoms with Gasteiger partial charge in [0, 0.05) is 17.7 Å². The Morgan fingerprint density at radius 1 is 1.16 bits per heavy atom. The third-order valence-electron chi connectivity index (χ3n) is 6.37. The Kier molecular flexibility index (Phi) is 6.57. The van der Waals surface area contributed by atoms with Crippen molar-refractivity contribution in [3.63, 3.8) is 0 Å². The predicted octanol–water partition coefficient (Wildman–Crippen LogP) is 2.97. The molecule has 0 saturated heterocycles. The number of rotatable bonds is 7. The van der Waals surface area contributed by atoms with Crippen LogP contribution >= 0.6 is 0 Å². The number of Topliss-reactive ketones (excluding diaryl/α,β-unsaturated/α-hetero) is 1. The fourth-order valence-corrected chi connectivity index (χ4v) is 4.56. The summed E-state index contributed by atoms with van der Waals surface area (Å²) in [4.78, 5) is 39.9. The quantitative estimate of drug-likeness (QED) is 0.541. The van der Waals surface area contributed by atoms with E-state index in [0.29, 0.717) is 16.9 Å². The standard InChI is InChI=1S/C26H28FN3O7/c1-26(2,3)15-6-13(7-16-23(15)37-12-19(32)30(16)11-20(33)34)17(31)10-29-9-14-8-18(35-4)24(36-5)22(27)21(14)25(29)28/h6-8,28H,9-12H2,1-5H3,(H,33,34). The maximum absolute atomic E-state index is 15.1. The van der Waals surface area contributed by atoms with Crippen LogP contribution in [0.4, 0.5) is 10.1 Å². The van der Waals surface area contributed by atoms with Crippen LogP contribution in [-0.4, -0.2) is 67.4 Å². The number of amidine groups is 1. The van der Waals surface area contributed by atoms with Gasteiger partial charge < -0.3 is 24.2 Å². The van der Waals surface area contributed by atoms with Crippen LogP contribution in [0.2, 0.25) is 0 Å². The summed E-state index contributed by atoms with van der Waals surface area (Å²) >= 11 is 0. The van der Waals surface area contributed by atoms with E-state index in [1.54, 1.807) is 12.1 Å². The fourth-order valence-electron chi connectivity index (χ4n) is 4.56. The highest BCUT2D eigenvalue weighted by Gasteiger charge is 2.36. The van der Waals surface area contributed by atoms with Crippen molar-refractivity contribution in [2.24, 2.45) is 0 Å². The zero-order valence-electron chi connectivity index (χ0n) is 21.2. The van der Waals surface area contributed by atoms with Crippen LogP contribution in [0.25, 0.3) is 0 Å². The number of methoxy groups -OCH3 is 2. The lowest BCUT2D eigenvalue weighted by atomic mass is 9.84. The molecule has 2 heterocycles. The molecule has 0 aliphatic carbocycles. The summed E-state index contributed by atoms with van der Waals surface area (Å²) in [5.74, 6) is -2.60. The molecule has 2 aromatic rings. The predicted molar refractivity (Wildman–Crippen MR) is 132 cm³/mol. The number of aliphatic carboxylic acids is 1. The second kappa shape index (κ2) is 9.38. The van der Waals surface area contributed by atoms with Crippen molar-refractivity contribution in [3.8, 4) is 17.2 Å². The van der Waals surface area contributed by atoms with Crippen LogP contribution in [-0.2, 0) is 21.5 Å². The topological polar surface area (TPSA) is 129 Å². The van der Waals surface area contributed by atoms with Gasteiger partial charge in [-0.3, -0.25) is 24.7 Å². The Labute approximate surface area is 213 Å². The number of amides is 1. The van der Waals surface area contributed by atoms with E-state index in [2.05, 4.69) is 0 Å². The number of nitrogens with one attached hydrogen (secondary N) is 1. The second-order valence-corrected chi connectivity index (χ2v) is 9.87. The first-order valence-electron chi connectivity index (χ1n) is 11.5. The molecule has 10 nitrogen and oxygen atoms in total. The first-order chi connectivity index (χ1) is 17.4. The molecular weight excluding hydrogens is 485 g/mol. The van der Waals surface area contributed by atoms with E-state index in [9.17, 15) is 19.5 Å². The van der Waals surface area contributed by atoms with Crippen LogP contribution < -0.4 is 19.1 Å². The fraction of sp³-hybridized carbons (Fsp3) is 0.385. The van der Waals surface area contributed by atoms with Gasteiger partial charge in [0.1, 0.15) is 18.1 Å². The Morgan fingerprint density at radius 2 is 1.86 bits per heavy atom. The highest BCUT2D eigenvalue weighted by Crippen LogP contribution is 2.43. The molecule has 0 unspecified atom stereocenters. The van der Waals surface area contributed by atoms with Crippen molar-refractivity contribution in [3.05, 3.63) is 46.3 Å². The molecule has 1 amide bonds. The average Bonchev–Trinajstić information content (AvgIpc) is 3.14.